The molecule has 1 N–H and O–H groups in total. The summed E-state index contributed by atoms with van der Waals surface area (Å²) < 4.78 is 0. The van der Waals surface area contributed by atoms with Gasteiger partial charge < -0.3 is 10.0 Å². The molecule has 86 valence electrons. The topological polar surface area (TPSA) is 40.5 Å². The van der Waals surface area contributed by atoms with Gasteiger partial charge in [0.25, 0.3) is 0 Å². The number of para-hydroxylation sites is 1. The lowest BCUT2D eigenvalue weighted by atomic mass is 10.2. The maximum absolute atomic E-state index is 10.8. The Hall–Kier alpha value is -0.870. The smallest absolute Gasteiger partial charge is 0.323 e. The van der Waals surface area contributed by atoms with Gasteiger partial charge in [0.15, 0.2) is 0 Å². The molecule has 3 nitrogen and oxygen atoms in total. The number of rotatable bonds is 2. The van der Waals surface area contributed by atoms with Gasteiger partial charge >= 0.3 is 5.97 Å². The highest BCUT2D eigenvalue weighted by Crippen LogP contribution is 2.41. The van der Waals surface area contributed by atoms with E-state index in [2.05, 4.69) is 0 Å². The molecule has 16 heavy (non-hydrogen) atoms. The first-order valence-electron chi connectivity index (χ1n) is 4.99. The third-order valence-electron chi connectivity index (χ3n) is 2.55. The second kappa shape index (κ2) is 4.55. The number of hydrogen-bond acceptors (Lipinski definition) is 3. The first-order valence-corrected chi connectivity index (χ1v) is 6.35. The van der Waals surface area contributed by atoms with E-state index in [1.54, 1.807) is 17.8 Å². The van der Waals surface area contributed by atoms with Crippen molar-refractivity contribution in [1.29, 1.82) is 0 Å². The largest absolute Gasteiger partial charge is 0.480 e. The molecule has 1 aliphatic rings. The van der Waals surface area contributed by atoms with Crippen LogP contribution in [0, 0.1) is 0 Å². The van der Waals surface area contributed by atoms with Crippen LogP contribution in [0.15, 0.2) is 23.1 Å². The quantitative estimate of drug-likeness (QED) is 0.885. The van der Waals surface area contributed by atoms with Gasteiger partial charge in [0.1, 0.15) is 6.54 Å². The summed E-state index contributed by atoms with van der Waals surface area (Å²) in [4.78, 5) is 13.8. The third-order valence-corrected chi connectivity index (χ3v) is 4.15. The maximum atomic E-state index is 10.8. The Labute approximate surface area is 103 Å². The number of anilines is 1. The number of nitrogens with zero attached hydrogens (tertiary/aromatic N) is 1. The first kappa shape index (κ1) is 11.6. The molecular weight excluding hydrogens is 246 g/mol. The number of halogens is 1. The minimum absolute atomic E-state index is 0.00153. The number of aliphatic carboxylic acids is 1. The summed E-state index contributed by atoms with van der Waals surface area (Å²) in [6.45, 7) is 2.01. The predicted molar refractivity (Wildman–Crippen MR) is 66.6 cm³/mol. The van der Waals surface area contributed by atoms with Crippen LogP contribution in [0.25, 0.3) is 0 Å². The number of fused-ring (bicyclic) bond motifs is 1. The summed E-state index contributed by atoms with van der Waals surface area (Å²) >= 11 is 7.86. The lowest BCUT2D eigenvalue weighted by Gasteiger charge is -2.35. The Morgan fingerprint density at radius 2 is 2.44 bits per heavy atom. The van der Waals surface area contributed by atoms with E-state index < -0.39 is 5.97 Å². The van der Waals surface area contributed by atoms with E-state index in [-0.39, 0.29) is 12.6 Å². The third kappa shape index (κ3) is 2.13. The number of hydrogen-bond donors (Lipinski definition) is 1. The molecule has 1 heterocycles. The van der Waals surface area contributed by atoms with Gasteiger partial charge in [-0.15, -0.1) is 11.8 Å². The summed E-state index contributed by atoms with van der Waals surface area (Å²) in [6.07, 6.45) is 0. The maximum Gasteiger partial charge on any atom is 0.323 e. The number of carboxylic acid groups (broad SMARTS) is 1. The molecule has 0 saturated heterocycles. The summed E-state index contributed by atoms with van der Waals surface area (Å²) in [6, 6.07) is 5.86. The van der Waals surface area contributed by atoms with Crippen LogP contribution in [0.4, 0.5) is 5.69 Å². The Morgan fingerprint density at radius 3 is 3.12 bits per heavy atom. The molecule has 0 fully saturated rings. The fraction of sp³-hybridized carbons (Fsp3) is 0.364. The average molecular weight is 258 g/mol. The van der Waals surface area contributed by atoms with Crippen molar-refractivity contribution in [3.05, 3.63) is 23.2 Å². The molecule has 1 aromatic carbocycles. The van der Waals surface area contributed by atoms with Crippen molar-refractivity contribution < 1.29 is 9.90 Å². The van der Waals surface area contributed by atoms with E-state index in [1.165, 1.54) is 0 Å². The van der Waals surface area contributed by atoms with Crippen LogP contribution in [0.3, 0.4) is 0 Å². The van der Waals surface area contributed by atoms with Crippen molar-refractivity contribution in [3.8, 4) is 0 Å². The Bertz CT molecular complexity index is 424. The SMILES string of the molecule is CC1CSc2cccc(Cl)c2N1CC(=O)O. The summed E-state index contributed by atoms with van der Waals surface area (Å²) in [5, 5.41) is 9.53. The van der Waals surface area contributed by atoms with E-state index in [0.29, 0.717) is 5.02 Å². The molecule has 1 unspecified atom stereocenters. The number of carboxylic acids is 1. The summed E-state index contributed by atoms with van der Waals surface area (Å²) in [5.41, 5.74) is 0.857. The second-order valence-corrected chi connectivity index (χ2v) is 5.24. The van der Waals surface area contributed by atoms with E-state index in [9.17, 15) is 4.79 Å². The average Bonchev–Trinajstić information content (AvgIpc) is 2.22. The molecule has 0 aromatic heterocycles. The fourth-order valence-electron chi connectivity index (χ4n) is 1.79. The van der Waals surface area contributed by atoms with Crippen molar-refractivity contribution >= 4 is 35.0 Å². The zero-order valence-electron chi connectivity index (χ0n) is 8.81. The van der Waals surface area contributed by atoms with Crippen LogP contribution in [-0.2, 0) is 4.79 Å². The van der Waals surface area contributed by atoms with Crippen molar-refractivity contribution in [2.75, 3.05) is 17.2 Å². The van der Waals surface area contributed by atoms with Gasteiger partial charge in [-0.25, -0.2) is 0 Å². The van der Waals surface area contributed by atoms with Gasteiger partial charge in [0.2, 0.25) is 0 Å². The highest BCUT2D eigenvalue weighted by Gasteiger charge is 2.26. The van der Waals surface area contributed by atoms with Crippen LogP contribution in [0.1, 0.15) is 6.92 Å². The second-order valence-electron chi connectivity index (χ2n) is 3.77. The van der Waals surface area contributed by atoms with Gasteiger partial charge in [-0.1, -0.05) is 17.7 Å². The van der Waals surface area contributed by atoms with Crippen LogP contribution in [0.5, 0.6) is 0 Å². The van der Waals surface area contributed by atoms with Crippen LogP contribution in [0.2, 0.25) is 5.02 Å². The molecule has 0 radical (unpaired) electrons. The van der Waals surface area contributed by atoms with Gasteiger partial charge in [-0.05, 0) is 19.1 Å². The van der Waals surface area contributed by atoms with Gasteiger partial charge in [-0.2, -0.15) is 0 Å². The van der Waals surface area contributed by atoms with Crippen LogP contribution >= 0.6 is 23.4 Å². The van der Waals surface area contributed by atoms with Crippen molar-refractivity contribution in [2.24, 2.45) is 0 Å². The molecule has 5 heteroatoms. The minimum atomic E-state index is -0.829. The van der Waals surface area contributed by atoms with Gasteiger partial charge in [-0.3, -0.25) is 4.79 Å². The number of benzene rings is 1. The molecule has 0 aliphatic carbocycles. The van der Waals surface area contributed by atoms with E-state index in [0.717, 1.165) is 16.3 Å². The van der Waals surface area contributed by atoms with Gasteiger partial charge in [0, 0.05) is 16.7 Å². The zero-order valence-corrected chi connectivity index (χ0v) is 10.4. The molecule has 0 spiro atoms. The van der Waals surface area contributed by atoms with Crippen LogP contribution < -0.4 is 4.90 Å². The van der Waals surface area contributed by atoms with Crippen LogP contribution in [-0.4, -0.2) is 29.4 Å². The molecular formula is C11H12ClNO2S. The predicted octanol–water partition coefficient (Wildman–Crippen LogP) is 2.73. The molecule has 0 amide bonds. The Balaban J connectivity index is 2.42. The van der Waals surface area contributed by atoms with E-state index in [1.807, 2.05) is 24.0 Å². The molecule has 1 aromatic rings. The standard InChI is InChI=1S/C11H12ClNO2S/c1-7-6-16-9-4-2-3-8(12)11(9)13(7)5-10(14)15/h2-4,7H,5-6H2,1H3,(H,14,15). The van der Waals surface area contributed by atoms with Gasteiger partial charge in [0.05, 0.1) is 10.7 Å². The molecule has 2 rings (SSSR count). The lowest BCUT2D eigenvalue weighted by molar-refractivity contribution is -0.135. The zero-order chi connectivity index (χ0) is 11.7. The minimum Gasteiger partial charge on any atom is -0.480 e. The summed E-state index contributed by atoms with van der Waals surface area (Å²) in [7, 11) is 0. The Morgan fingerprint density at radius 1 is 1.69 bits per heavy atom. The number of carbonyl (C=O) groups is 1. The molecule has 1 aliphatic heterocycles. The monoisotopic (exact) mass is 257 g/mol. The normalized spacial score (nSPS) is 19.4. The lowest BCUT2D eigenvalue weighted by Crippen LogP contribution is -2.41. The highest BCUT2D eigenvalue weighted by molar-refractivity contribution is 7.99. The molecule has 0 saturated carbocycles. The molecule has 0 bridgehead atoms. The van der Waals surface area contributed by atoms with Crippen molar-refractivity contribution in [3.63, 3.8) is 0 Å². The Kier molecular flexibility index (Phi) is 3.30. The van der Waals surface area contributed by atoms with Crippen molar-refractivity contribution in [2.45, 2.75) is 17.9 Å². The molecule has 1 atom stereocenters. The summed E-state index contributed by atoms with van der Waals surface area (Å²) in [5.74, 6) is 0.0605. The fourth-order valence-corrected chi connectivity index (χ4v) is 3.27. The van der Waals surface area contributed by atoms with E-state index in [4.69, 9.17) is 16.7 Å². The highest BCUT2D eigenvalue weighted by atomic mass is 35.5. The number of thioether (sulfide) groups is 1. The van der Waals surface area contributed by atoms with E-state index >= 15 is 0 Å². The first-order chi connectivity index (χ1) is 7.59. The van der Waals surface area contributed by atoms with Crippen molar-refractivity contribution in [1.82, 2.24) is 0 Å².